The van der Waals surface area contributed by atoms with Crippen LogP contribution in [0.15, 0.2) is 35.1 Å². The number of hydrogen-bond donors (Lipinski definition) is 0. The van der Waals surface area contributed by atoms with E-state index in [1.807, 2.05) is 0 Å². The number of nitrogens with zero attached hydrogens (tertiary/aromatic N) is 2. The van der Waals surface area contributed by atoms with E-state index in [1.54, 1.807) is 24.3 Å². The van der Waals surface area contributed by atoms with Gasteiger partial charge < -0.3 is 4.74 Å². The standard InChI is InChI=1S/C16H16F2N2O2/c17-16(18)22-14-8-4-2-6-12(14)10-20-15(21)9-11-5-1-3-7-13(11)19-20/h2,4,6,8-9,16H,1,3,5,7,10H2. The van der Waals surface area contributed by atoms with E-state index in [-0.39, 0.29) is 17.9 Å². The molecule has 0 bridgehead atoms. The third-order valence-electron chi connectivity index (χ3n) is 3.78. The van der Waals surface area contributed by atoms with Gasteiger partial charge >= 0.3 is 6.61 Å². The van der Waals surface area contributed by atoms with Gasteiger partial charge in [-0.25, -0.2) is 4.68 Å². The van der Waals surface area contributed by atoms with E-state index in [4.69, 9.17) is 0 Å². The minimum atomic E-state index is -2.89. The first-order chi connectivity index (χ1) is 10.6. The number of halogens is 2. The molecule has 0 saturated carbocycles. The maximum atomic E-state index is 12.4. The number of aryl methyl sites for hydroxylation is 2. The minimum Gasteiger partial charge on any atom is -0.434 e. The van der Waals surface area contributed by atoms with Crippen LogP contribution in [-0.2, 0) is 19.4 Å². The highest BCUT2D eigenvalue weighted by Gasteiger charge is 2.15. The molecule has 0 N–H and O–H groups in total. The maximum Gasteiger partial charge on any atom is 0.387 e. The fraction of sp³-hybridized carbons (Fsp3) is 0.375. The monoisotopic (exact) mass is 306 g/mol. The molecule has 0 spiro atoms. The lowest BCUT2D eigenvalue weighted by Crippen LogP contribution is -2.27. The molecule has 0 atom stereocenters. The largest absolute Gasteiger partial charge is 0.434 e. The van der Waals surface area contributed by atoms with Crippen molar-refractivity contribution in [2.75, 3.05) is 0 Å². The summed E-state index contributed by atoms with van der Waals surface area (Å²) in [4.78, 5) is 12.1. The van der Waals surface area contributed by atoms with Crippen LogP contribution in [-0.4, -0.2) is 16.4 Å². The molecule has 0 unspecified atom stereocenters. The second kappa shape index (κ2) is 6.25. The molecule has 0 fully saturated rings. The Labute approximate surface area is 126 Å². The summed E-state index contributed by atoms with van der Waals surface area (Å²) in [6.07, 6.45) is 3.86. The summed E-state index contributed by atoms with van der Waals surface area (Å²) in [5, 5.41) is 4.39. The Morgan fingerprint density at radius 2 is 2.00 bits per heavy atom. The van der Waals surface area contributed by atoms with Crippen LogP contribution in [0.4, 0.5) is 8.78 Å². The van der Waals surface area contributed by atoms with Crippen molar-refractivity contribution >= 4 is 0 Å². The summed E-state index contributed by atoms with van der Waals surface area (Å²) >= 11 is 0. The number of hydrogen-bond acceptors (Lipinski definition) is 3. The van der Waals surface area contributed by atoms with Gasteiger partial charge in [-0.05, 0) is 37.3 Å². The van der Waals surface area contributed by atoms with Crippen molar-refractivity contribution in [3.63, 3.8) is 0 Å². The Hall–Kier alpha value is -2.24. The highest BCUT2D eigenvalue weighted by atomic mass is 19.3. The predicted octanol–water partition coefficient (Wildman–Crippen LogP) is 2.77. The Kier molecular flexibility index (Phi) is 4.18. The van der Waals surface area contributed by atoms with Crippen molar-refractivity contribution in [2.24, 2.45) is 0 Å². The van der Waals surface area contributed by atoms with Crippen LogP contribution in [0.2, 0.25) is 0 Å². The number of fused-ring (bicyclic) bond motifs is 1. The Morgan fingerprint density at radius 3 is 2.82 bits per heavy atom. The molecular formula is C16H16F2N2O2. The van der Waals surface area contributed by atoms with Crippen molar-refractivity contribution in [1.82, 2.24) is 9.78 Å². The molecule has 0 saturated heterocycles. The predicted molar refractivity (Wildman–Crippen MR) is 77.3 cm³/mol. The first-order valence-electron chi connectivity index (χ1n) is 7.26. The van der Waals surface area contributed by atoms with Crippen LogP contribution >= 0.6 is 0 Å². The van der Waals surface area contributed by atoms with Crippen molar-refractivity contribution in [2.45, 2.75) is 38.8 Å². The lowest BCUT2D eigenvalue weighted by atomic mass is 9.97. The molecule has 0 amide bonds. The smallest absolute Gasteiger partial charge is 0.387 e. The van der Waals surface area contributed by atoms with Gasteiger partial charge in [-0.15, -0.1) is 0 Å². The first-order valence-corrected chi connectivity index (χ1v) is 7.26. The van der Waals surface area contributed by atoms with Crippen LogP contribution in [0.1, 0.15) is 29.7 Å². The van der Waals surface area contributed by atoms with Crippen molar-refractivity contribution in [3.8, 4) is 5.75 Å². The molecule has 4 nitrogen and oxygen atoms in total. The topological polar surface area (TPSA) is 44.1 Å². The van der Waals surface area contributed by atoms with E-state index in [1.165, 1.54) is 10.7 Å². The molecule has 3 rings (SSSR count). The maximum absolute atomic E-state index is 12.4. The molecule has 0 radical (unpaired) electrons. The van der Waals surface area contributed by atoms with E-state index >= 15 is 0 Å². The van der Waals surface area contributed by atoms with Crippen LogP contribution in [0.25, 0.3) is 0 Å². The van der Waals surface area contributed by atoms with Gasteiger partial charge in [0.1, 0.15) is 5.75 Å². The number of benzene rings is 1. The molecule has 116 valence electrons. The Bertz CT molecular complexity index is 728. The SMILES string of the molecule is O=c1cc2c(nn1Cc1ccccc1OC(F)F)CCCC2. The number of ether oxygens (including phenoxy) is 1. The van der Waals surface area contributed by atoms with Crippen LogP contribution < -0.4 is 10.3 Å². The summed E-state index contributed by atoms with van der Waals surface area (Å²) in [6.45, 7) is -2.77. The third-order valence-corrected chi connectivity index (χ3v) is 3.78. The lowest BCUT2D eigenvalue weighted by molar-refractivity contribution is -0.0505. The van der Waals surface area contributed by atoms with E-state index < -0.39 is 6.61 Å². The van der Waals surface area contributed by atoms with E-state index in [0.29, 0.717) is 5.56 Å². The van der Waals surface area contributed by atoms with Gasteiger partial charge in [-0.1, -0.05) is 18.2 Å². The van der Waals surface area contributed by atoms with E-state index in [9.17, 15) is 13.6 Å². The van der Waals surface area contributed by atoms with Gasteiger partial charge in [-0.3, -0.25) is 4.79 Å². The van der Waals surface area contributed by atoms with Gasteiger partial charge in [0.05, 0.1) is 12.2 Å². The fourth-order valence-electron chi connectivity index (χ4n) is 2.72. The van der Waals surface area contributed by atoms with Crippen LogP contribution in [0, 0.1) is 0 Å². The third kappa shape index (κ3) is 3.16. The molecule has 1 aliphatic carbocycles. The Morgan fingerprint density at radius 1 is 1.23 bits per heavy atom. The molecule has 22 heavy (non-hydrogen) atoms. The zero-order valence-corrected chi connectivity index (χ0v) is 12.0. The molecule has 1 aromatic carbocycles. The van der Waals surface area contributed by atoms with Crippen molar-refractivity contribution in [3.05, 3.63) is 57.5 Å². The van der Waals surface area contributed by atoms with Crippen molar-refractivity contribution in [1.29, 1.82) is 0 Å². The summed E-state index contributed by atoms with van der Waals surface area (Å²) in [5.41, 5.74) is 2.23. The highest BCUT2D eigenvalue weighted by molar-refractivity contribution is 5.33. The zero-order valence-electron chi connectivity index (χ0n) is 12.0. The van der Waals surface area contributed by atoms with Crippen molar-refractivity contribution < 1.29 is 13.5 Å². The molecule has 1 aromatic heterocycles. The molecule has 2 aromatic rings. The molecule has 6 heteroatoms. The molecular weight excluding hydrogens is 290 g/mol. The summed E-state index contributed by atoms with van der Waals surface area (Å²) in [6, 6.07) is 8.07. The second-order valence-corrected chi connectivity index (χ2v) is 5.31. The van der Waals surface area contributed by atoms with E-state index in [0.717, 1.165) is 36.9 Å². The number of aromatic nitrogens is 2. The average molecular weight is 306 g/mol. The zero-order chi connectivity index (χ0) is 15.5. The summed E-state index contributed by atoms with van der Waals surface area (Å²) < 4.78 is 30.7. The molecule has 1 heterocycles. The molecule has 1 aliphatic rings. The Balaban J connectivity index is 1.92. The average Bonchev–Trinajstić information content (AvgIpc) is 2.49. The number of rotatable bonds is 4. The van der Waals surface area contributed by atoms with Gasteiger partial charge in [0.15, 0.2) is 0 Å². The molecule has 0 aliphatic heterocycles. The highest BCUT2D eigenvalue weighted by Crippen LogP contribution is 2.21. The quantitative estimate of drug-likeness (QED) is 0.872. The van der Waals surface area contributed by atoms with Gasteiger partial charge in [0, 0.05) is 11.6 Å². The lowest BCUT2D eigenvalue weighted by Gasteiger charge is -2.16. The second-order valence-electron chi connectivity index (χ2n) is 5.31. The number of para-hydroxylation sites is 1. The van der Waals surface area contributed by atoms with E-state index in [2.05, 4.69) is 9.84 Å². The fourth-order valence-corrected chi connectivity index (χ4v) is 2.72. The van der Waals surface area contributed by atoms with Gasteiger partial charge in [0.25, 0.3) is 5.56 Å². The summed E-state index contributed by atoms with van der Waals surface area (Å²) in [7, 11) is 0. The first kappa shape index (κ1) is 14.7. The van der Waals surface area contributed by atoms with Gasteiger partial charge in [0.2, 0.25) is 0 Å². The van der Waals surface area contributed by atoms with Crippen LogP contribution in [0.3, 0.4) is 0 Å². The van der Waals surface area contributed by atoms with Crippen LogP contribution in [0.5, 0.6) is 5.75 Å². The normalized spacial score (nSPS) is 14.0. The number of alkyl halides is 2. The minimum absolute atomic E-state index is 0.0731. The summed E-state index contributed by atoms with van der Waals surface area (Å²) in [5.74, 6) is 0.0731. The van der Waals surface area contributed by atoms with Gasteiger partial charge in [-0.2, -0.15) is 13.9 Å².